The summed E-state index contributed by atoms with van der Waals surface area (Å²) in [4.78, 5) is 10.8. The van der Waals surface area contributed by atoms with Crippen LogP contribution in [0.4, 0.5) is 4.39 Å². The topological polar surface area (TPSA) is 26.3 Å². The molecule has 0 aliphatic rings. The van der Waals surface area contributed by atoms with Crippen molar-refractivity contribution in [1.29, 1.82) is 0 Å². The first-order chi connectivity index (χ1) is 6.15. The van der Waals surface area contributed by atoms with Gasteiger partial charge in [0.15, 0.2) is 11.6 Å². The zero-order chi connectivity index (χ0) is 9.84. The number of hydrogen-bond acceptors (Lipinski definition) is 2. The Balaban J connectivity index is 2.93. The van der Waals surface area contributed by atoms with Gasteiger partial charge < -0.3 is 4.74 Å². The molecule has 0 atom stereocenters. The Hall–Kier alpha value is -1.09. The van der Waals surface area contributed by atoms with Crippen LogP contribution < -0.4 is 4.74 Å². The number of rotatable bonds is 2. The molecular formula is C9H8ClFO2. The summed E-state index contributed by atoms with van der Waals surface area (Å²) < 4.78 is 17.7. The van der Waals surface area contributed by atoms with E-state index in [1.807, 2.05) is 0 Å². The van der Waals surface area contributed by atoms with Crippen LogP contribution >= 0.6 is 11.6 Å². The maximum atomic E-state index is 13.0. The van der Waals surface area contributed by atoms with Crippen molar-refractivity contribution in [3.05, 3.63) is 29.0 Å². The Bertz CT molecular complexity index is 305. The van der Waals surface area contributed by atoms with Gasteiger partial charge in [-0.25, -0.2) is 4.39 Å². The van der Waals surface area contributed by atoms with E-state index in [4.69, 9.17) is 11.6 Å². The maximum Gasteiger partial charge on any atom is 0.311 e. The van der Waals surface area contributed by atoms with Gasteiger partial charge in [0.25, 0.3) is 0 Å². The fourth-order valence-electron chi connectivity index (χ4n) is 0.766. The molecule has 13 heavy (non-hydrogen) atoms. The van der Waals surface area contributed by atoms with Crippen molar-refractivity contribution in [2.75, 3.05) is 0 Å². The molecule has 0 fully saturated rings. The number of ether oxygens (including phenoxy) is 1. The number of para-hydroxylation sites is 1. The van der Waals surface area contributed by atoms with E-state index in [0.29, 0.717) is 0 Å². The van der Waals surface area contributed by atoms with Crippen LogP contribution in [0.1, 0.15) is 13.3 Å². The molecule has 0 unspecified atom stereocenters. The summed E-state index contributed by atoms with van der Waals surface area (Å²) in [5.74, 6) is -1.34. The Kier molecular flexibility index (Phi) is 3.25. The van der Waals surface area contributed by atoms with E-state index in [0.717, 1.165) is 0 Å². The van der Waals surface area contributed by atoms with Gasteiger partial charge in [-0.15, -0.1) is 0 Å². The molecule has 1 aromatic rings. The summed E-state index contributed by atoms with van der Waals surface area (Å²) in [5.41, 5.74) is 0. The largest absolute Gasteiger partial charge is 0.422 e. The Morgan fingerprint density at radius 1 is 1.62 bits per heavy atom. The van der Waals surface area contributed by atoms with Crippen LogP contribution in [0.2, 0.25) is 5.02 Å². The zero-order valence-electron chi connectivity index (χ0n) is 7.01. The van der Waals surface area contributed by atoms with E-state index in [-0.39, 0.29) is 17.2 Å². The highest BCUT2D eigenvalue weighted by Crippen LogP contribution is 2.27. The van der Waals surface area contributed by atoms with Gasteiger partial charge in [-0.1, -0.05) is 24.6 Å². The molecule has 0 bridgehead atoms. The molecule has 4 heteroatoms. The molecular weight excluding hydrogens is 195 g/mol. The third kappa shape index (κ3) is 2.42. The molecule has 0 aliphatic carbocycles. The van der Waals surface area contributed by atoms with Gasteiger partial charge >= 0.3 is 5.97 Å². The average Bonchev–Trinajstić information content (AvgIpc) is 2.11. The van der Waals surface area contributed by atoms with Crippen molar-refractivity contribution >= 4 is 17.6 Å². The van der Waals surface area contributed by atoms with E-state index in [2.05, 4.69) is 4.74 Å². The van der Waals surface area contributed by atoms with Crippen molar-refractivity contribution in [3.8, 4) is 5.75 Å². The van der Waals surface area contributed by atoms with Crippen molar-refractivity contribution in [3.63, 3.8) is 0 Å². The number of halogens is 2. The highest BCUT2D eigenvalue weighted by molar-refractivity contribution is 6.32. The standard InChI is InChI=1S/C9H8ClFO2/c1-2-8(12)13-9-6(10)4-3-5-7(9)11/h3-5H,2H2,1H3. The van der Waals surface area contributed by atoms with Gasteiger partial charge in [0.2, 0.25) is 0 Å². The van der Waals surface area contributed by atoms with Crippen LogP contribution in [0.5, 0.6) is 5.75 Å². The minimum absolute atomic E-state index is 0.0989. The molecule has 0 N–H and O–H groups in total. The molecule has 0 spiro atoms. The van der Waals surface area contributed by atoms with Gasteiger partial charge in [-0.3, -0.25) is 4.79 Å². The summed E-state index contributed by atoms with van der Waals surface area (Å²) in [6.45, 7) is 1.62. The van der Waals surface area contributed by atoms with Crippen LogP contribution in [0, 0.1) is 5.82 Å². The van der Waals surface area contributed by atoms with E-state index < -0.39 is 11.8 Å². The second kappa shape index (κ2) is 4.23. The van der Waals surface area contributed by atoms with Crippen LogP contribution in [-0.4, -0.2) is 5.97 Å². The molecule has 0 amide bonds. The minimum Gasteiger partial charge on any atom is -0.422 e. The highest BCUT2D eigenvalue weighted by atomic mass is 35.5. The molecule has 0 heterocycles. The second-order valence-electron chi connectivity index (χ2n) is 2.38. The number of hydrogen-bond donors (Lipinski definition) is 0. The summed E-state index contributed by atoms with van der Waals surface area (Å²) in [7, 11) is 0. The van der Waals surface area contributed by atoms with E-state index in [1.165, 1.54) is 18.2 Å². The summed E-state index contributed by atoms with van der Waals surface area (Å²) >= 11 is 5.61. The quantitative estimate of drug-likeness (QED) is 0.545. The zero-order valence-corrected chi connectivity index (χ0v) is 7.77. The lowest BCUT2D eigenvalue weighted by atomic mass is 10.3. The van der Waals surface area contributed by atoms with Crippen LogP contribution in [0.25, 0.3) is 0 Å². The van der Waals surface area contributed by atoms with Gasteiger partial charge in [0, 0.05) is 6.42 Å². The first-order valence-electron chi connectivity index (χ1n) is 3.80. The number of carbonyl (C=O) groups is 1. The Labute approximate surface area is 80.3 Å². The molecule has 0 aliphatic heterocycles. The number of carbonyl (C=O) groups excluding carboxylic acids is 1. The summed E-state index contributed by atoms with van der Waals surface area (Å²) in [6.07, 6.45) is 0.185. The lowest BCUT2D eigenvalue weighted by Crippen LogP contribution is -2.07. The maximum absolute atomic E-state index is 13.0. The third-order valence-corrected chi connectivity index (χ3v) is 1.72. The van der Waals surface area contributed by atoms with Crippen LogP contribution in [-0.2, 0) is 4.79 Å². The van der Waals surface area contributed by atoms with Crippen molar-refractivity contribution < 1.29 is 13.9 Å². The number of benzene rings is 1. The van der Waals surface area contributed by atoms with Gasteiger partial charge in [-0.2, -0.15) is 0 Å². The average molecular weight is 203 g/mol. The lowest BCUT2D eigenvalue weighted by molar-refractivity contribution is -0.134. The second-order valence-corrected chi connectivity index (χ2v) is 2.79. The predicted molar refractivity (Wildman–Crippen MR) is 47.3 cm³/mol. The Morgan fingerprint density at radius 3 is 2.85 bits per heavy atom. The molecule has 0 radical (unpaired) electrons. The third-order valence-electron chi connectivity index (χ3n) is 1.42. The van der Waals surface area contributed by atoms with E-state index in [1.54, 1.807) is 6.92 Å². The highest BCUT2D eigenvalue weighted by Gasteiger charge is 2.11. The van der Waals surface area contributed by atoms with Gasteiger partial charge in [0.1, 0.15) is 0 Å². The lowest BCUT2D eigenvalue weighted by Gasteiger charge is -2.04. The van der Waals surface area contributed by atoms with Gasteiger partial charge in [0.05, 0.1) is 5.02 Å². The fourth-order valence-corrected chi connectivity index (χ4v) is 0.968. The fraction of sp³-hybridized carbons (Fsp3) is 0.222. The Morgan fingerprint density at radius 2 is 2.31 bits per heavy atom. The van der Waals surface area contributed by atoms with Crippen molar-refractivity contribution in [1.82, 2.24) is 0 Å². The predicted octanol–water partition coefficient (Wildman–Crippen LogP) is 2.79. The number of esters is 1. The molecule has 70 valence electrons. The van der Waals surface area contributed by atoms with E-state index >= 15 is 0 Å². The summed E-state index contributed by atoms with van der Waals surface area (Å²) in [5, 5.41) is 0.0989. The first-order valence-corrected chi connectivity index (χ1v) is 4.17. The molecule has 0 saturated carbocycles. The minimum atomic E-state index is -0.630. The van der Waals surface area contributed by atoms with E-state index in [9.17, 15) is 9.18 Å². The molecule has 2 nitrogen and oxygen atoms in total. The van der Waals surface area contributed by atoms with Crippen LogP contribution in [0.3, 0.4) is 0 Å². The molecule has 0 saturated heterocycles. The van der Waals surface area contributed by atoms with Gasteiger partial charge in [-0.05, 0) is 12.1 Å². The molecule has 1 rings (SSSR count). The summed E-state index contributed by atoms with van der Waals surface area (Å²) in [6, 6.07) is 4.09. The normalized spacial score (nSPS) is 9.77. The van der Waals surface area contributed by atoms with Crippen LogP contribution in [0.15, 0.2) is 18.2 Å². The SMILES string of the molecule is CCC(=O)Oc1c(F)cccc1Cl. The monoisotopic (exact) mass is 202 g/mol. The first kappa shape index (κ1) is 9.99. The van der Waals surface area contributed by atoms with Crippen molar-refractivity contribution in [2.45, 2.75) is 13.3 Å². The van der Waals surface area contributed by atoms with Crippen molar-refractivity contribution in [2.24, 2.45) is 0 Å². The molecule has 0 aromatic heterocycles. The molecule has 1 aromatic carbocycles. The smallest absolute Gasteiger partial charge is 0.311 e.